The SMILES string of the molecule is O=C1CCCC(=O)C1C=Nc1ccc(Cl)c(Cl)c1. The molecular formula is C13H11Cl2NO2. The molecule has 0 bridgehead atoms. The zero-order valence-electron chi connectivity index (χ0n) is 9.53. The van der Waals surface area contributed by atoms with Crippen molar-refractivity contribution in [3.63, 3.8) is 0 Å². The quantitative estimate of drug-likeness (QED) is 0.615. The van der Waals surface area contributed by atoms with Crippen molar-refractivity contribution in [2.45, 2.75) is 19.3 Å². The third-order valence-corrected chi connectivity index (χ3v) is 3.56. The number of Topliss-reactive ketones (excluding diaryl/α,β-unsaturated/α-hetero) is 2. The van der Waals surface area contributed by atoms with Crippen LogP contribution in [0.25, 0.3) is 0 Å². The Labute approximate surface area is 115 Å². The van der Waals surface area contributed by atoms with Crippen molar-refractivity contribution in [3.05, 3.63) is 28.2 Å². The summed E-state index contributed by atoms with van der Waals surface area (Å²) in [5.74, 6) is -0.821. The number of benzene rings is 1. The summed E-state index contributed by atoms with van der Waals surface area (Å²) >= 11 is 11.6. The summed E-state index contributed by atoms with van der Waals surface area (Å²) < 4.78 is 0. The van der Waals surface area contributed by atoms with Crippen LogP contribution in [-0.2, 0) is 9.59 Å². The smallest absolute Gasteiger partial charge is 0.148 e. The summed E-state index contributed by atoms with van der Waals surface area (Å²) in [6, 6.07) is 4.90. The van der Waals surface area contributed by atoms with Gasteiger partial charge in [0.1, 0.15) is 17.5 Å². The van der Waals surface area contributed by atoms with Crippen molar-refractivity contribution in [2.24, 2.45) is 10.9 Å². The molecule has 1 saturated carbocycles. The van der Waals surface area contributed by atoms with Crippen molar-refractivity contribution in [1.82, 2.24) is 0 Å². The molecule has 0 saturated heterocycles. The number of rotatable bonds is 2. The van der Waals surface area contributed by atoms with Crippen LogP contribution >= 0.6 is 23.2 Å². The second-order valence-electron chi connectivity index (χ2n) is 4.14. The first kappa shape index (κ1) is 13.2. The van der Waals surface area contributed by atoms with E-state index in [-0.39, 0.29) is 11.6 Å². The van der Waals surface area contributed by atoms with Crippen LogP contribution in [0, 0.1) is 5.92 Å². The molecule has 0 spiro atoms. The van der Waals surface area contributed by atoms with Gasteiger partial charge in [0.2, 0.25) is 0 Å². The van der Waals surface area contributed by atoms with Crippen LogP contribution in [0.4, 0.5) is 5.69 Å². The number of hydrogen-bond acceptors (Lipinski definition) is 3. The highest BCUT2D eigenvalue weighted by molar-refractivity contribution is 6.42. The van der Waals surface area contributed by atoms with E-state index in [4.69, 9.17) is 23.2 Å². The summed E-state index contributed by atoms with van der Waals surface area (Å²) in [6.07, 6.45) is 2.95. The maximum absolute atomic E-state index is 11.6. The Morgan fingerprint density at radius 2 is 1.78 bits per heavy atom. The maximum Gasteiger partial charge on any atom is 0.148 e. The monoisotopic (exact) mass is 283 g/mol. The van der Waals surface area contributed by atoms with Crippen LogP contribution in [0.1, 0.15) is 19.3 Å². The Kier molecular flexibility index (Phi) is 4.15. The van der Waals surface area contributed by atoms with Crippen LogP contribution in [0.15, 0.2) is 23.2 Å². The molecule has 1 aromatic rings. The predicted octanol–water partition coefficient (Wildman–Crippen LogP) is 3.63. The fourth-order valence-electron chi connectivity index (χ4n) is 1.82. The van der Waals surface area contributed by atoms with E-state index in [2.05, 4.69) is 4.99 Å². The van der Waals surface area contributed by atoms with Crippen LogP contribution < -0.4 is 0 Å². The summed E-state index contributed by atoms with van der Waals surface area (Å²) in [5.41, 5.74) is 0.579. The molecule has 0 amide bonds. The van der Waals surface area contributed by atoms with Gasteiger partial charge in [-0.05, 0) is 24.6 Å². The largest absolute Gasteiger partial charge is 0.298 e. The van der Waals surface area contributed by atoms with Gasteiger partial charge < -0.3 is 0 Å². The normalized spacial score (nSPS) is 17.7. The van der Waals surface area contributed by atoms with E-state index in [1.54, 1.807) is 18.2 Å². The zero-order chi connectivity index (χ0) is 13.1. The number of hydrogen-bond donors (Lipinski definition) is 0. The summed E-state index contributed by atoms with van der Waals surface area (Å²) in [6.45, 7) is 0. The first-order valence-corrected chi connectivity index (χ1v) is 6.38. The third-order valence-electron chi connectivity index (χ3n) is 2.82. The van der Waals surface area contributed by atoms with Crippen LogP contribution in [0.2, 0.25) is 10.0 Å². The van der Waals surface area contributed by atoms with E-state index in [0.717, 1.165) is 0 Å². The number of carbonyl (C=O) groups excluding carboxylic acids is 2. The average Bonchev–Trinajstić information content (AvgIpc) is 2.33. The van der Waals surface area contributed by atoms with Gasteiger partial charge in [0.05, 0.1) is 15.7 Å². The second-order valence-corrected chi connectivity index (χ2v) is 4.95. The standard InChI is InChI=1S/C13H11Cl2NO2/c14-10-5-4-8(6-11(10)15)16-7-9-12(17)2-1-3-13(9)18/h4-7,9H,1-3H2. The van der Waals surface area contributed by atoms with Crippen molar-refractivity contribution >= 4 is 46.7 Å². The minimum Gasteiger partial charge on any atom is -0.298 e. The lowest BCUT2D eigenvalue weighted by molar-refractivity contribution is -0.132. The molecule has 2 rings (SSSR count). The van der Waals surface area contributed by atoms with Gasteiger partial charge in [-0.1, -0.05) is 23.2 Å². The van der Waals surface area contributed by atoms with E-state index in [9.17, 15) is 9.59 Å². The van der Waals surface area contributed by atoms with Crippen molar-refractivity contribution in [2.75, 3.05) is 0 Å². The van der Waals surface area contributed by atoms with Gasteiger partial charge in [0, 0.05) is 19.1 Å². The van der Waals surface area contributed by atoms with Crippen molar-refractivity contribution < 1.29 is 9.59 Å². The minimum atomic E-state index is -0.701. The van der Waals surface area contributed by atoms with E-state index in [1.807, 2.05) is 0 Å². The van der Waals surface area contributed by atoms with Crippen molar-refractivity contribution in [1.29, 1.82) is 0 Å². The van der Waals surface area contributed by atoms with Gasteiger partial charge in [-0.2, -0.15) is 0 Å². The molecule has 5 heteroatoms. The molecule has 1 aliphatic rings. The van der Waals surface area contributed by atoms with Crippen LogP contribution in [0.3, 0.4) is 0 Å². The van der Waals surface area contributed by atoms with Gasteiger partial charge in [-0.15, -0.1) is 0 Å². The highest BCUT2D eigenvalue weighted by atomic mass is 35.5. The molecule has 0 aliphatic heterocycles. The summed E-state index contributed by atoms with van der Waals surface area (Å²) in [5, 5.41) is 0.841. The Morgan fingerprint density at radius 3 is 2.39 bits per heavy atom. The Hall–Kier alpha value is -1.19. The topological polar surface area (TPSA) is 46.5 Å². The van der Waals surface area contributed by atoms with Gasteiger partial charge >= 0.3 is 0 Å². The number of halogens is 2. The molecule has 18 heavy (non-hydrogen) atoms. The molecule has 0 heterocycles. The molecule has 3 nitrogen and oxygen atoms in total. The molecule has 0 radical (unpaired) electrons. The number of aliphatic imine (C=N–C) groups is 1. The lowest BCUT2D eigenvalue weighted by atomic mass is 9.87. The lowest BCUT2D eigenvalue weighted by Gasteiger charge is -2.14. The maximum atomic E-state index is 11.6. The van der Waals surface area contributed by atoms with E-state index in [1.165, 1.54) is 6.21 Å². The Balaban J connectivity index is 2.16. The fourth-order valence-corrected chi connectivity index (χ4v) is 2.11. The second kappa shape index (κ2) is 5.63. The minimum absolute atomic E-state index is 0.0601. The molecular weight excluding hydrogens is 273 g/mol. The highest BCUT2D eigenvalue weighted by Crippen LogP contribution is 2.26. The van der Waals surface area contributed by atoms with Crippen molar-refractivity contribution in [3.8, 4) is 0 Å². The number of ketones is 2. The third kappa shape index (κ3) is 2.98. The number of carbonyl (C=O) groups is 2. The van der Waals surface area contributed by atoms with Gasteiger partial charge in [-0.25, -0.2) is 0 Å². The summed E-state index contributed by atoms with van der Waals surface area (Å²) in [4.78, 5) is 27.3. The van der Waals surface area contributed by atoms with Crippen LogP contribution in [0.5, 0.6) is 0 Å². The average molecular weight is 284 g/mol. The van der Waals surface area contributed by atoms with E-state index < -0.39 is 5.92 Å². The Morgan fingerprint density at radius 1 is 1.11 bits per heavy atom. The Bertz CT molecular complexity index is 510. The summed E-state index contributed by atoms with van der Waals surface area (Å²) in [7, 11) is 0. The van der Waals surface area contributed by atoms with Gasteiger partial charge in [0.25, 0.3) is 0 Å². The molecule has 0 unspecified atom stereocenters. The first-order chi connectivity index (χ1) is 8.58. The van der Waals surface area contributed by atoms with E-state index >= 15 is 0 Å². The molecule has 1 fully saturated rings. The zero-order valence-corrected chi connectivity index (χ0v) is 11.0. The molecule has 0 aromatic heterocycles. The first-order valence-electron chi connectivity index (χ1n) is 5.62. The molecule has 94 valence electrons. The predicted molar refractivity (Wildman–Crippen MR) is 72.0 cm³/mol. The molecule has 1 aliphatic carbocycles. The fraction of sp³-hybridized carbons (Fsp3) is 0.308. The molecule has 0 atom stereocenters. The molecule has 0 N–H and O–H groups in total. The van der Waals surface area contributed by atoms with Gasteiger partial charge in [0.15, 0.2) is 0 Å². The number of nitrogens with zero attached hydrogens (tertiary/aromatic N) is 1. The van der Waals surface area contributed by atoms with Gasteiger partial charge in [-0.3, -0.25) is 14.6 Å². The van der Waals surface area contributed by atoms with Crippen LogP contribution in [-0.4, -0.2) is 17.8 Å². The molecule has 1 aromatic carbocycles. The van der Waals surface area contributed by atoms with E-state index in [0.29, 0.717) is 35.0 Å². The highest BCUT2D eigenvalue weighted by Gasteiger charge is 2.28. The lowest BCUT2D eigenvalue weighted by Crippen LogP contribution is -2.29.